The second kappa shape index (κ2) is 10.9. The molecule has 8 atom stereocenters. The number of carbonyl (C=O) groups excluding carboxylic acids is 3. The summed E-state index contributed by atoms with van der Waals surface area (Å²) < 4.78 is 11.2. The summed E-state index contributed by atoms with van der Waals surface area (Å²) in [6.45, 7) is 11.5. The average molecular weight is 554 g/mol. The molecule has 0 unspecified atom stereocenters. The van der Waals surface area contributed by atoms with Gasteiger partial charge in [0, 0.05) is 41.4 Å². The Morgan fingerprint density at radius 2 is 1.88 bits per heavy atom. The van der Waals surface area contributed by atoms with Gasteiger partial charge in [0.15, 0.2) is 6.61 Å². The van der Waals surface area contributed by atoms with Crippen molar-refractivity contribution in [2.24, 2.45) is 34.0 Å². The number of esters is 2. The van der Waals surface area contributed by atoms with Gasteiger partial charge in [-0.05, 0) is 66.7 Å². The SMILES string of the molecule is C=C[C@]1(C)C[C@@H](OC(=O)COC(=O)/C=C/c2ccc([N+](=O)[O-])cc2)[C@]2(C)[C@H](C)CC[C@]3(CCC(=O)[C@H]32)[C@@H](C)[C@@H]1O. The Kier molecular flexibility index (Phi) is 8.09. The number of hydrogen-bond acceptors (Lipinski definition) is 8. The van der Waals surface area contributed by atoms with Crippen molar-refractivity contribution >= 4 is 29.5 Å². The molecule has 0 aromatic heterocycles. The standard InChI is InChI=1S/C31H39NO8/c1-6-29(4)17-24(30(5)19(2)13-15-31(20(3)28(29)36)16-14-23(33)27(30)31)40-26(35)18-39-25(34)12-9-21-7-10-22(11-8-21)32(37)38/h6-12,19-20,24,27-28,36H,1,13-18H2,2-5H3/b12-9+/t19-,20+,24-,27+,28+,29-,30+,31+/m1/s1. The van der Waals surface area contributed by atoms with Crippen LogP contribution in [0.15, 0.2) is 43.0 Å². The highest BCUT2D eigenvalue weighted by molar-refractivity contribution is 5.88. The first kappa shape index (κ1) is 29.6. The zero-order valence-corrected chi connectivity index (χ0v) is 23.6. The van der Waals surface area contributed by atoms with E-state index in [1.807, 2.05) is 20.8 Å². The highest BCUT2D eigenvalue weighted by atomic mass is 16.6. The number of aliphatic hydroxyl groups excluding tert-OH is 1. The minimum atomic E-state index is -0.768. The fourth-order valence-electron chi connectivity index (χ4n) is 7.74. The van der Waals surface area contributed by atoms with E-state index in [-0.39, 0.29) is 34.6 Å². The number of nitro benzene ring substituents is 1. The van der Waals surface area contributed by atoms with Crippen LogP contribution in [0.25, 0.3) is 6.08 Å². The van der Waals surface area contributed by atoms with Crippen LogP contribution in [-0.2, 0) is 23.9 Å². The fourth-order valence-corrected chi connectivity index (χ4v) is 7.74. The predicted molar refractivity (Wildman–Crippen MR) is 148 cm³/mol. The molecule has 0 saturated heterocycles. The predicted octanol–water partition coefficient (Wildman–Crippen LogP) is 5.06. The third kappa shape index (κ3) is 5.00. The normalized spacial score (nSPS) is 37.2. The number of hydrogen-bond donors (Lipinski definition) is 1. The van der Waals surface area contributed by atoms with Crippen molar-refractivity contribution in [1.29, 1.82) is 0 Å². The van der Waals surface area contributed by atoms with E-state index in [1.54, 1.807) is 6.08 Å². The van der Waals surface area contributed by atoms with E-state index in [1.165, 1.54) is 30.3 Å². The number of nitro groups is 1. The first-order valence-electron chi connectivity index (χ1n) is 13.9. The Labute approximate surface area is 234 Å². The van der Waals surface area contributed by atoms with E-state index in [0.29, 0.717) is 24.8 Å². The van der Waals surface area contributed by atoms with E-state index < -0.39 is 46.5 Å². The molecule has 2 bridgehead atoms. The summed E-state index contributed by atoms with van der Waals surface area (Å²) in [7, 11) is 0. The van der Waals surface area contributed by atoms with Gasteiger partial charge in [0.2, 0.25) is 0 Å². The van der Waals surface area contributed by atoms with Crippen molar-refractivity contribution in [2.75, 3.05) is 6.61 Å². The largest absolute Gasteiger partial charge is 0.459 e. The lowest BCUT2D eigenvalue weighted by molar-refractivity contribution is -0.384. The molecule has 1 aromatic carbocycles. The van der Waals surface area contributed by atoms with Crippen LogP contribution < -0.4 is 0 Å². The van der Waals surface area contributed by atoms with Crippen LogP contribution in [0.3, 0.4) is 0 Å². The molecule has 1 aromatic rings. The molecule has 0 aliphatic heterocycles. The van der Waals surface area contributed by atoms with Crippen LogP contribution in [0.5, 0.6) is 0 Å². The van der Waals surface area contributed by atoms with Crippen LogP contribution in [0.2, 0.25) is 0 Å². The van der Waals surface area contributed by atoms with Gasteiger partial charge in [-0.2, -0.15) is 0 Å². The van der Waals surface area contributed by atoms with Gasteiger partial charge >= 0.3 is 11.9 Å². The van der Waals surface area contributed by atoms with Crippen LogP contribution in [0.4, 0.5) is 5.69 Å². The highest BCUT2D eigenvalue weighted by Gasteiger charge is 2.68. The molecule has 3 aliphatic rings. The molecule has 1 N–H and O–H groups in total. The molecular weight excluding hydrogens is 514 g/mol. The lowest BCUT2D eigenvalue weighted by Gasteiger charge is -2.61. The van der Waals surface area contributed by atoms with E-state index in [4.69, 9.17) is 9.47 Å². The third-order valence-electron chi connectivity index (χ3n) is 10.4. The van der Waals surface area contributed by atoms with Gasteiger partial charge in [-0.3, -0.25) is 14.9 Å². The molecule has 0 radical (unpaired) electrons. The zero-order valence-electron chi connectivity index (χ0n) is 23.6. The summed E-state index contributed by atoms with van der Waals surface area (Å²) in [5.41, 5.74) is -1.29. The molecule has 40 heavy (non-hydrogen) atoms. The molecule has 9 heteroatoms. The number of ether oxygens (including phenoxy) is 2. The maximum Gasteiger partial charge on any atom is 0.344 e. The Morgan fingerprint density at radius 1 is 1.20 bits per heavy atom. The van der Waals surface area contributed by atoms with Crippen molar-refractivity contribution in [3.05, 3.63) is 58.7 Å². The van der Waals surface area contributed by atoms with Crippen molar-refractivity contribution in [3.8, 4) is 0 Å². The number of rotatable bonds is 7. The molecule has 3 aliphatic carbocycles. The topological polar surface area (TPSA) is 133 Å². The van der Waals surface area contributed by atoms with Crippen LogP contribution in [0.1, 0.15) is 65.4 Å². The van der Waals surface area contributed by atoms with Crippen molar-refractivity contribution < 1.29 is 33.9 Å². The van der Waals surface area contributed by atoms with Crippen LogP contribution in [-0.4, -0.2) is 46.6 Å². The van der Waals surface area contributed by atoms with Gasteiger partial charge in [-0.25, -0.2) is 9.59 Å². The molecule has 0 amide bonds. The summed E-state index contributed by atoms with van der Waals surface area (Å²) in [6, 6.07) is 5.63. The lowest BCUT2D eigenvalue weighted by Crippen LogP contribution is -2.63. The highest BCUT2D eigenvalue weighted by Crippen LogP contribution is 2.68. The van der Waals surface area contributed by atoms with E-state index >= 15 is 0 Å². The van der Waals surface area contributed by atoms with Crippen molar-refractivity contribution in [3.63, 3.8) is 0 Å². The summed E-state index contributed by atoms with van der Waals surface area (Å²) >= 11 is 0. The maximum atomic E-state index is 13.5. The second-order valence-electron chi connectivity index (χ2n) is 12.4. The first-order chi connectivity index (χ1) is 18.8. The average Bonchev–Trinajstić information content (AvgIpc) is 3.29. The van der Waals surface area contributed by atoms with E-state index in [9.17, 15) is 29.6 Å². The summed E-state index contributed by atoms with van der Waals surface area (Å²) in [5, 5.41) is 22.4. The van der Waals surface area contributed by atoms with Gasteiger partial charge in [0.1, 0.15) is 11.9 Å². The number of nitrogens with zero attached hydrogens (tertiary/aromatic N) is 1. The van der Waals surface area contributed by atoms with Gasteiger partial charge in [0.05, 0.1) is 11.0 Å². The van der Waals surface area contributed by atoms with Gasteiger partial charge in [-0.1, -0.05) is 33.8 Å². The quantitative estimate of drug-likeness (QED) is 0.163. The smallest absolute Gasteiger partial charge is 0.344 e. The zero-order chi connectivity index (χ0) is 29.5. The third-order valence-corrected chi connectivity index (χ3v) is 10.4. The minimum Gasteiger partial charge on any atom is -0.459 e. The molecule has 4 rings (SSSR count). The number of ketones is 1. The number of aliphatic hydroxyl groups is 1. The molecule has 0 heterocycles. The number of benzene rings is 1. The van der Waals surface area contributed by atoms with Crippen LogP contribution >= 0.6 is 0 Å². The van der Waals surface area contributed by atoms with Gasteiger partial charge < -0.3 is 14.6 Å². The summed E-state index contributed by atoms with van der Waals surface area (Å²) in [6.07, 6.45) is 5.99. The van der Waals surface area contributed by atoms with Gasteiger partial charge in [0.25, 0.3) is 5.69 Å². The summed E-state index contributed by atoms with van der Waals surface area (Å²) in [5.74, 6) is -1.71. The molecule has 0 spiro atoms. The van der Waals surface area contributed by atoms with Crippen molar-refractivity contribution in [1.82, 2.24) is 0 Å². The summed E-state index contributed by atoms with van der Waals surface area (Å²) in [4.78, 5) is 49.1. The van der Waals surface area contributed by atoms with E-state index in [0.717, 1.165) is 18.9 Å². The monoisotopic (exact) mass is 553 g/mol. The lowest BCUT2D eigenvalue weighted by atomic mass is 9.44. The molecule has 3 saturated carbocycles. The Bertz CT molecular complexity index is 1220. The van der Waals surface area contributed by atoms with E-state index in [2.05, 4.69) is 13.5 Å². The van der Waals surface area contributed by atoms with Gasteiger partial charge in [-0.15, -0.1) is 6.58 Å². The second-order valence-corrected chi connectivity index (χ2v) is 12.4. The molecule has 3 fully saturated rings. The number of Topliss-reactive ketones (excluding diaryl/α,β-unsaturated/α-hetero) is 1. The number of non-ortho nitro benzene ring substituents is 1. The fraction of sp³-hybridized carbons (Fsp3) is 0.581. The number of carbonyl (C=O) groups is 3. The van der Waals surface area contributed by atoms with Crippen LogP contribution in [0, 0.1) is 44.1 Å². The minimum absolute atomic E-state index is 0.0660. The Balaban J connectivity index is 1.52. The Morgan fingerprint density at radius 3 is 2.50 bits per heavy atom. The first-order valence-corrected chi connectivity index (χ1v) is 13.9. The Hall–Kier alpha value is -3.33. The van der Waals surface area contributed by atoms with Crippen molar-refractivity contribution in [2.45, 2.75) is 72.0 Å². The molecule has 9 nitrogen and oxygen atoms in total. The maximum absolute atomic E-state index is 13.5. The molecular formula is C31H39NO8. The molecule has 216 valence electrons.